The van der Waals surface area contributed by atoms with Gasteiger partial charge in [-0.25, -0.2) is 9.78 Å². The van der Waals surface area contributed by atoms with Crippen LogP contribution in [0.15, 0.2) is 65.7 Å². The molecule has 1 fully saturated rings. The maximum atomic E-state index is 12.4. The van der Waals surface area contributed by atoms with E-state index in [2.05, 4.69) is 44.6 Å². The Morgan fingerprint density at radius 1 is 1.10 bits per heavy atom. The second-order valence-corrected chi connectivity index (χ2v) is 7.28. The van der Waals surface area contributed by atoms with E-state index in [9.17, 15) is 4.79 Å². The molecule has 0 radical (unpaired) electrons. The minimum atomic E-state index is -0.172. The van der Waals surface area contributed by atoms with Crippen molar-refractivity contribution in [3.63, 3.8) is 0 Å². The quantitative estimate of drug-likeness (QED) is 0.685. The molecule has 1 aliphatic heterocycles. The van der Waals surface area contributed by atoms with Gasteiger partial charge in [0.1, 0.15) is 6.26 Å². The number of anilines is 1. The van der Waals surface area contributed by atoms with Gasteiger partial charge in [-0.1, -0.05) is 0 Å². The number of likely N-dealkylation sites (tertiary alicyclic amines) is 1. The first kappa shape index (κ1) is 19.1. The van der Waals surface area contributed by atoms with Gasteiger partial charge in [-0.05, 0) is 61.7 Å². The summed E-state index contributed by atoms with van der Waals surface area (Å²) >= 11 is 0. The first-order valence-electron chi connectivity index (χ1n) is 9.90. The van der Waals surface area contributed by atoms with E-state index in [0.29, 0.717) is 11.9 Å². The molecule has 0 aliphatic carbocycles. The van der Waals surface area contributed by atoms with Gasteiger partial charge in [0.25, 0.3) is 0 Å². The lowest BCUT2D eigenvalue weighted by Crippen LogP contribution is -2.46. The van der Waals surface area contributed by atoms with E-state index in [4.69, 9.17) is 4.42 Å². The summed E-state index contributed by atoms with van der Waals surface area (Å²) in [5.74, 6) is 0.564. The van der Waals surface area contributed by atoms with Crippen LogP contribution in [0.2, 0.25) is 0 Å². The Bertz CT molecular complexity index is 904. The van der Waals surface area contributed by atoms with Crippen molar-refractivity contribution in [2.24, 2.45) is 0 Å². The number of carbonyl (C=O) groups excluding carboxylic acids is 1. The van der Waals surface area contributed by atoms with E-state index >= 15 is 0 Å². The van der Waals surface area contributed by atoms with Crippen molar-refractivity contribution >= 4 is 11.7 Å². The summed E-state index contributed by atoms with van der Waals surface area (Å²) in [6.07, 6.45) is 8.69. The number of hydrogen-bond donors (Lipinski definition) is 2. The Balaban J connectivity index is 1.25. The molecule has 1 aliphatic rings. The van der Waals surface area contributed by atoms with Gasteiger partial charge in [-0.2, -0.15) is 0 Å². The Hall–Kier alpha value is -3.19. The molecule has 0 bridgehead atoms. The Morgan fingerprint density at radius 3 is 2.48 bits per heavy atom. The summed E-state index contributed by atoms with van der Waals surface area (Å²) in [6, 6.07) is 11.9. The fraction of sp³-hybridized carbons (Fsp3) is 0.318. The van der Waals surface area contributed by atoms with E-state index in [1.165, 1.54) is 11.8 Å². The van der Waals surface area contributed by atoms with E-state index in [1.807, 2.05) is 36.7 Å². The second kappa shape index (κ2) is 8.87. The number of hydrogen-bond acceptors (Lipinski definition) is 5. The number of urea groups is 1. The molecule has 0 spiro atoms. The lowest BCUT2D eigenvalue weighted by Gasteiger charge is -2.36. The standard InChI is InChI=1S/C22H25N5O2/c1-16(17-6-10-23-11-7-17)27-13-8-20(9-14-27)26-22(28)25-19-4-2-18(3-5-19)21-24-12-15-29-21/h2-7,10-12,15-16,20H,8-9,13-14H2,1H3,(H2,25,26,28)/t16-/m1/s1. The van der Waals surface area contributed by atoms with E-state index in [-0.39, 0.29) is 12.1 Å². The first-order valence-corrected chi connectivity index (χ1v) is 9.90. The number of rotatable bonds is 5. The molecule has 2 amide bonds. The summed E-state index contributed by atoms with van der Waals surface area (Å²) in [6.45, 7) is 4.14. The highest BCUT2D eigenvalue weighted by Crippen LogP contribution is 2.24. The summed E-state index contributed by atoms with van der Waals surface area (Å²) in [5.41, 5.74) is 2.88. The summed E-state index contributed by atoms with van der Waals surface area (Å²) in [4.78, 5) is 23.0. The van der Waals surface area contributed by atoms with Crippen LogP contribution in [0.5, 0.6) is 0 Å². The predicted octanol–water partition coefficient (Wildman–Crippen LogP) is 4.08. The number of nitrogens with one attached hydrogen (secondary N) is 2. The van der Waals surface area contributed by atoms with Crippen molar-refractivity contribution in [2.45, 2.75) is 31.8 Å². The van der Waals surface area contributed by atoms with Crippen LogP contribution in [-0.2, 0) is 0 Å². The van der Waals surface area contributed by atoms with Crippen LogP contribution in [0.25, 0.3) is 11.5 Å². The number of amides is 2. The average molecular weight is 391 g/mol. The normalized spacial score (nSPS) is 16.3. The van der Waals surface area contributed by atoms with Crippen LogP contribution in [0, 0.1) is 0 Å². The highest BCUT2D eigenvalue weighted by molar-refractivity contribution is 5.89. The fourth-order valence-corrected chi connectivity index (χ4v) is 3.70. The fourth-order valence-electron chi connectivity index (χ4n) is 3.70. The maximum Gasteiger partial charge on any atom is 0.319 e. The van der Waals surface area contributed by atoms with Gasteiger partial charge in [0.05, 0.1) is 6.20 Å². The average Bonchev–Trinajstić information content (AvgIpc) is 3.30. The molecule has 150 valence electrons. The molecule has 29 heavy (non-hydrogen) atoms. The van der Waals surface area contributed by atoms with Crippen molar-refractivity contribution in [2.75, 3.05) is 18.4 Å². The highest BCUT2D eigenvalue weighted by Gasteiger charge is 2.24. The summed E-state index contributed by atoms with van der Waals surface area (Å²) in [7, 11) is 0. The van der Waals surface area contributed by atoms with Crippen molar-refractivity contribution < 1.29 is 9.21 Å². The zero-order valence-electron chi connectivity index (χ0n) is 16.4. The molecule has 3 heterocycles. The van der Waals surface area contributed by atoms with Gasteiger partial charge in [-0.15, -0.1) is 0 Å². The maximum absolute atomic E-state index is 12.4. The largest absolute Gasteiger partial charge is 0.445 e. The molecular formula is C22H25N5O2. The van der Waals surface area contributed by atoms with Crippen LogP contribution >= 0.6 is 0 Å². The van der Waals surface area contributed by atoms with Crippen molar-refractivity contribution in [3.05, 3.63) is 66.8 Å². The smallest absolute Gasteiger partial charge is 0.319 e. The number of piperidine rings is 1. The third-order valence-corrected chi connectivity index (χ3v) is 5.42. The van der Waals surface area contributed by atoms with Gasteiger partial charge < -0.3 is 15.1 Å². The molecule has 2 N–H and O–H groups in total. The zero-order valence-corrected chi connectivity index (χ0v) is 16.4. The van der Waals surface area contributed by atoms with E-state index in [1.54, 1.807) is 6.20 Å². The monoisotopic (exact) mass is 391 g/mol. The molecule has 1 saturated heterocycles. The number of pyridine rings is 1. The van der Waals surface area contributed by atoms with Crippen molar-refractivity contribution in [3.8, 4) is 11.5 Å². The minimum absolute atomic E-state index is 0.172. The van der Waals surface area contributed by atoms with Crippen LogP contribution in [0.1, 0.15) is 31.4 Å². The second-order valence-electron chi connectivity index (χ2n) is 7.28. The van der Waals surface area contributed by atoms with Crippen LogP contribution in [0.4, 0.5) is 10.5 Å². The highest BCUT2D eigenvalue weighted by atomic mass is 16.3. The number of aromatic nitrogens is 2. The van der Waals surface area contributed by atoms with Crippen LogP contribution in [-0.4, -0.2) is 40.0 Å². The van der Waals surface area contributed by atoms with Gasteiger partial charge in [0, 0.05) is 48.8 Å². The zero-order chi connectivity index (χ0) is 20.1. The van der Waals surface area contributed by atoms with E-state index in [0.717, 1.165) is 37.2 Å². The Kier molecular flexibility index (Phi) is 5.86. The number of nitrogens with zero attached hydrogens (tertiary/aromatic N) is 3. The van der Waals surface area contributed by atoms with Crippen LogP contribution in [0.3, 0.4) is 0 Å². The van der Waals surface area contributed by atoms with Gasteiger partial charge >= 0.3 is 6.03 Å². The molecule has 7 heteroatoms. The Morgan fingerprint density at radius 2 is 1.83 bits per heavy atom. The Labute approximate surface area is 170 Å². The van der Waals surface area contributed by atoms with Gasteiger partial charge in [-0.3, -0.25) is 9.88 Å². The molecule has 2 aromatic heterocycles. The summed E-state index contributed by atoms with van der Waals surface area (Å²) in [5, 5.41) is 5.99. The SMILES string of the molecule is C[C@H](c1ccncc1)N1CCC(NC(=O)Nc2ccc(-c3ncco3)cc2)CC1. The third kappa shape index (κ3) is 4.81. The molecule has 7 nitrogen and oxygen atoms in total. The topological polar surface area (TPSA) is 83.3 Å². The first-order chi connectivity index (χ1) is 14.2. The molecule has 3 aromatic rings. The third-order valence-electron chi connectivity index (χ3n) is 5.42. The molecular weight excluding hydrogens is 366 g/mol. The van der Waals surface area contributed by atoms with Crippen LogP contribution < -0.4 is 10.6 Å². The van der Waals surface area contributed by atoms with Gasteiger partial charge in [0.2, 0.25) is 5.89 Å². The number of carbonyl (C=O) groups is 1. The lowest BCUT2D eigenvalue weighted by atomic mass is 10.0. The number of benzene rings is 1. The minimum Gasteiger partial charge on any atom is -0.445 e. The molecule has 0 unspecified atom stereocenters. The van der Waals surface area contributed by atoms with Crippen molar-refractivity contribution in [1.82, 2.24) is 20.2 Å². The predicted molar refractivity (Wildman–Crippen MR) is 111 cm³/mol. The summed E-state index contributed by atoms with van der Waals surface area (Å²) < 4.78 is 5.28. The van der Waals surface area contributed by atoms with Gasteiger partial charge in [0.15, 0.2) is 0 Å². The van der Waals surface area contributed by atoms with Crippen molar-refractivity contribution in [1.29, 1.82) is 0 Å². The lowest BCUT2D eigenvalue weighted by molar-refractivity contribution is 0.154. The molecule has 4 rings (SSSR count). The molecule has 1 atom stereocenters. The molecule has 1 aromatic carbocycles. The van der Waals surface area contributed by atoms with E-state index < -0.39 is 0 Å². The molecule has 0 saturated carbocycles. The number of oxazole rings is 1.